The topological polar surface area (TPSA) is 60.2 Å². The number of piperazine rings is 2. The van der Waals surface area contributed by atoms with E-state index in [9.17, 15) is 9.59 Å². The van der Waals surface area contributed by atoms with Crippen LogP contribution < -0.4 is 0 Å². The molecule has 0 atom stereocenters. The van der Waals surface area contributed by atoms with Gasteiger partial charge in [0.05, 0.1) is 6.26 Å². The fraction of sp³-hybridized carbons (Fsp3) is 0.455. The lowest BCUT2D eigenvalue weighted by molar-refractivity contribution is 0.0596. The molecule has 7 heteroatoms. The summed E-state index contributed by atoms with van der Waals surface area (Å²) in [5.41, 5.74) is 1.90. The zero-order valence-corrected chi connectivity index (χ0v) is 16.9. The number of hydrogen-bond acceptors (Lipinski definition) is 5. The van der Waals surface area contributed by atoms with Crippen LogP contribution in [0.2, 0.25) is 0 Å². The Kier molecular flexibility index (Phi) is 5.97. The maximum Gasteiger partial charge on any atom is 0.289 e. The normalized spacial score (nSPS) is 18.8. The highest BCUT2D eigenvalue weighted by Gasteiger charge is 2.24. The molecule has 2 amide bonds. The summed E-state index contributed by atoms with van der Waals surface area (Å²) in [5.74, 6) is 0.469. The van der Waals surface area contributed by atoms with Gasteiger partial charge in [-0.15, -0.1) is 0 Å². The van der Waals surface area contributed by atoms with Gasteiger partial charge < -0.3 is 19.1 Å². The molecular weight excluding hydrogens is 368 g/mol. The monoisotopic (exact) mass is 396 g/mol. The Balaban J connectivity index is 1.32. The molecular formula is C22H28N4O3. The molecule has 2 aliphatic heterocycles. The lowest BCUT2D eigenvalue weighted by Gasteiger charge is -2.34. The average Bonchev–Trinajstić information content (AvgIpc) is 3.29. The highest BCUT2D eigenvalue weighted by molar-refractivity contribution is 5.94. The maximum atomic E-state index is 12.8. The molecule has 4 rings (SSSR count). The number of nitrogens with zero attached hydrogens (tertiary/aromatic N) is 4. The Labute approximate surface area is 171 Å². The molecule has 2 fully saturated rings. The van der Waals surface area contributed by atoms with Gasteiger partial charge in [0, 0.05) is 64.5 Å². The number of rotatable bonds is 4. The van der Waals surface area contributed by atoms with Crippen molar-refractivity contribution < 1.29 is 14.0 Å². The van der Waals surface area contributed by atoms with Gasteiger partial charge in [0.15, 0.2) is 5.76 Å². The first-order valence-electron chi connectivity index (χ1n) is 10.2. The smallest absolute Gasteiger partial charge is 0.289 e. The van der Waals surface area contributed by atoms with Gasteiger partial charge in [-0.25, -0.2) is 0 Å². The molecule has 2 aromatic rings. The summed E-state index contributed by atoms with van der Waals surface area (Å²) in [7, 11) is 2.09. The van der Waals surface area contributed by atoms with Crippen molar-refractivity contribution in [2.24, 2.45) is 0 Å². The molecule has 154 valence electrons. The zero-order chi connectivity index (χ0) is 20.2. The maximum absolute atomic E-state index is 12.8. The molecule has 1 aromatic heterocycles. The fourth-order valence-corrected chi connectivity index (χ4v) is 3.92. The second kappa shape index (κ2) is 8.80. The van der Waals surface area contributed by atoms with E-state index in [1.54, 1.807) is 12.1 Å². The number of carbonyl (C=O) groups excluding carboxylic acids is 2. The predicted molar refractivity (Wildman–Crippen MR) is 110 cm³/mol. The SMILES string of the molecule is CN1CCN(C(=O)c2cccc(CN3CCN(C(=O)c4ccco4)CC3)c2)CC1. The molecule has 0 N–H and O–H groups in total. The molecule has 0 bridgehead atoms. The van der Waals surface area contributed by atoms with Gasteiger partial charge in [-0.05, 0) is 36.9 Å². The summed E-state index contributed by atoms with van der Waals surface area (Å²) in [4.78, 5) is 33.6. The molecule has 0 saturated carbocycles. The molecule has 0 unspecified atom stereocenters. The van der Waals surface area contributed by atoms with Crippen LogP contribution in [0.4, 0.5) is 0 Å². The standard InChI is InChI=1S/C22H28N4O3/c1-23-7-11-25(12-8-23)21(27)19-5-2-4-18(16-19)17-24-9-13-26(14-10-24)22(28)20-6-3-15-29-20/h2-6,15-16H,7-14,17H2,1H3. The van der Waals surface area contributed by atoms with Gasteiger partial charge in [-0.3, -0.25) is 14.5 Å². The molecule has 2 aliphatic rings. The molecule has 29 heavy (non-hydrogen) atoms. The average molecular weight is 396 g/mol. The molecule has 0 radical (unpaired) electrons. The van der Waals surface area contributed by atoms with Crippen molar-refractivity contribution in [3.8, 4) is 0 Å². The van der Waals surface area contributed by atoms with Gasteiger partial charge in [-0.2, -0.15) is 0 Å². The third-order valence-electron chi connectivity index (χ3n) is 5.76. The molecule has 0 spiro atoms. The van der Waals surface area contributed by atoms with Gasteiger partial charge >= 0.3 is 0 Å². The third-order valence-corrected chi connectivity index (χ3v) is 5.76. The predicted octanol–water partition coefficient (Wildman–Crippen LogP) is 1.63. The fourth-order valence-electron chi connectivity index (χ4n) is 3.92. The molecule has 1 aromatic carbocycles. The van der Waals surface area contributed by atoms with Crippen LogP contribution in [-0.4, -0.2) is 90.8 Å². The first-order chi connectivity index (χ1) is 14.1. The quantitative estimate of drug-likeness (QED) is 0.786. The van der Waals surface area contributed by atoms with Gasteiger partial charge in [-0.1, -0.05) is 12.1 Å². The van der Waals surface area contributed by atoms with Crippen LogP contribution in [0.15, 0.2) is 47.1 Å². The highest BCUT2D eigenvalue weighted by atomic mass is 16.3. The minimum absolute atomic E-state index is 0.0468. The van der Waals surface area contributed by atoms with Gasteiger partial charge in [0.2, 0.25) is 0 Å². The zero-order valence-electron chi connectivity index (χ0n) is 16.9. The van der Waals surface area contributed by atoms with Crippen molar-refractivity contribution in [2.45, 2.75) is 6.54 Å². The first-order valence-corrected chi connectivity index (χ1v) is 10.2. The second-order valence-corrected chi connectivity index (χ2v) is 7.84. The summed E-state index contributed by atoms with van der Waals surface area (Å²) in [6.07, 6.45) is 1.53. The van der Waals surface area contributed by atoms with Crippen LogP contribution in [-0.2, 0) is 6.54 Å². The van der Waals surface area contributed by atoms with Crippen molar-refractivity contribution in [2.75, 3.05) is 59.4 Å². The molecule has 0 aliphatic carbocycles. The number of carbonyl (C=O) groups is 2. The van der Waals surface area contributed by atoms with Crippen molar-refractivity contribution >= 4 is 11.8 Å². The van der Waals surface area contributed by atoms with Crippen LogP contribution >= 0.6 is 0 Å². The van der Waals surface area contributed by atoms with Crippen LogP contribution in [0, 0.1) is 0 Å². The number of benzene rings is 1. The van der Waals surface area contributed by atoms with E-state index in [1.807, 2.05) is 28.0 Å². The van der Waals surface area contributed by atoms with E-state index in [-0.39, 0.29) is 11.8 Å². The number of amides is 2. The van der Waals surface area contributed by atoms with Crippen molar-refractivity contribution in [1.29, 1.82) is 0 Å². The Morgan fingerprint density at radius 3 is 2.24 bits per heavy atom. The first kappa shape index (κ1) is 19.7. The Morgan fingerprint density at radius 1 is 0.862 bits per heavy atom. The van der Waals surface area contributed by atoms with E-state index in [0.29, 0.717) is 18.8 Å². The highest BCUT2D eigenvalue weighted by Crippen LogP contribution is 2.15. The number of furan rings is 1. The van der Waals surface area contributed by atoms with Crippen molar-refractivity contribution in [3.63, 3.8) is 0 Å². The van der Waals surface area contributed by atoms with Crippen LogP contribution in [0.25, 0.3) is 0 Å². The summed E-state index contributed by atoms with van der Waals surface area (Å²) in [6.45, 7) is 7.17. The minimum Gasteiger partial charge on any atom is -0.459 e. The summed E-state index contributed by atoms with van der Waals surface area (Å²) in [5, 5.41) is 0. The lowest BCUT2D eigenvalue weighted by atomic mass is 10.1. The van der Waals surface area contributed by atoms with Crippen LogP contribution in [0.3, 0.4) is 0 Å². The largest absolute Gasteiger partial charge is 0.459 e. The summed E-state index contributed by atoms with van der Waals surface area (Å²) >= 11 is 0. The minimum atomic E-state index is -0.0468. The molecule has 3 heterocycles. The van der Waals surface area contributed by atoms with Gasteiger partial charge in [0.1, 0.15) is 0 Å². The van der Waals surface area contributed by atoms with Crippen LogP contribution in [0.5, 0.6) is 0 Å². The summed E-state index contributed by atoms with van der Waals surface area (Å²) in [6, 6.07) is 11.4. The Hall–Kier alpha value is -2.64. The second-order valence-electron chi connectivity index (χ2n) is 7.84. The van der Waals surface area contributed by atoms with E-state index in [1.165, 1.54) is 6.26 Å². The summed E-state index contributed by atoms with van der Waals surface area (Å²) < 4.78 is 5.22. The van der Waals surface area contributed by atoms with E-state index >= 15 is 0 Å². The van der Waals surface area contributed by atoms with E-state index in [4.69, 9.17) is 4.42 Å². The Morgan fingerprint density at radius 2 is 1.55 bits per heavy atom. The molecule has 7 nitrogen and oxygen atoms in total. The lowest BCUT2D eigenvalue weighted by Crippen LogP contribution is -2.48. The van der Waals surface area contributed by atoms with E-state index < -0.39 is 0 Å². The third kappa shape index (κ3) is 4.68. The van der Waals surface area contributed by atoms with E-state index in [2.05, 4.69) is 22.9 Å². The van der Waals surface area contributed by atoms with Crippen molar-refractivity contribution in [3.05, 3.63) is 59.5 Å². The van der Waals surface area contributed by atoms with Crippen molar-refractivity contribution in [1.82, 2.24) is 19.6 Å². The Bertz CT molecular complexity index is 836. The number of hydrogen-bond donors (Lipinski definition) is 0. The van der Waals surface area contributed by atoms with Crippen LogP contribution in [0.1, 0.15) is 26.5 Å². The molecule has 2 saturated heterocycles. The van der Waals surface area contributed by atoms with E-state index in [0.717, 1.165) is 56.9 Å². The number of likely N-dealkylation sites (N-methyl/N-ethyl adjacent to an activating group) is 1. The van der Waals surface area contributed by atoms with Gasteiger partial charge in [0.25, 0.3) is 11.8 Å².